The number of benzene rings is 1. The summed E-state index contributed by atoms with van der Waals surface area (Å²) in [5, 5.41) is 8.20. The van der Waals surface area contributed by atoms with Crippen molar-refractivity contribution in [2.75, 3.05) is 11.5 Å². The predicted molar refractivity (Wildman–Crippen MR) is 132 cm³/mol. The maximum absolute atomic E-state index is 13.2. The van der Waals surface area contributed by atoms with Crippen LogP contribution < -0.4 is 10.1 Å². The smallest absolute Gasteiger partial charge is 0.223 e. The van der Waals surface area contributed by atoms with Crippen LogP contribution in [0.4, 0.5) is 0 Å². The van der Waals surface area contributed by atoms with E-state index in [0.717, 1.165) is 48.4 Å². The van der Waals surface area contributed by atoms with Crippen LogP contribution in [0, 0.1) is 5.92 Å². The zero-order valence-electron chi connectivity index (χ0n) is 20.3. The van der Waals surface area contributed by atoms with Crippen LogP contribution in [0.3, 0.4) is 0 Å². The van der Waals surface area contributed by atoms with Crippen molar-refractivity contribution in [1.82, 2.24) is 15.1 Å². The van der Waals surface area contributed by atoms with Gasteiger partial charge in [-0.25, -0.2) is 8.42 Å². The van der Waals surface area contributed by atoms with Crippen LogP contribution in [-0.4, -0.2) is 47.3 Å². The molecular weight excluding hydrogens is 450 g/mol. The van der Waals surface area contributed by atoms with Crippen molar-refractivity contribution in [1.29, 1.82) is 0 Å². The normalized spacial score (nSPS) is 23.4. The molecule has 2 aromatic rings. The first-order chi connectivity index (χ1) is 16.1. The molecule has 1 aromatic carbocycles. The minimum atomic E-state index is -2.97. The fourth-order valence-corrected chi connectivity index (χ4v) is 6.86. The number of rotatable bonds is 6. The van der Waals surface area contributed by atoms with Crippen molar-refractivity contribution in [3.63, 3.8) is 0 Å². The van der Waals surface area contributed by atoms with E-state index in [4.69, 9.17) is 9.84 Å². The molecule has 7 nitrogen and oxygen atoms in total. The van der Waals surface area contributed by atoms with Crippen LogP contribution >= 0.6 is 0 Å². The van der Waals surface area contributed by atoms with E-state index in [-0.39, 0.29) is 29.4 Å². The molecule has 1 N–H and O–H groups in total. The van der Waals surface area contributed by atoms with E-state index in [1.807, 2.05) is 19.1 Å². The summed E-state index contributed by atoms with van der Waals surface area (Å²) in [6, 6.07) is 8.39. The number of hydrogen-bond acceptors (Lipinski definition) is 5. The molecule has 0 spiro atoms. The summed E-state index contributed by atoms with van der Waals surface area (Å²) in [5.41, 5.74) is 3.98. The molecule has 1 saturated heterocycles. The third kappa shape index (κ3) is 4.88. The average molecular weight is 486 g/mol. The third-order valence-corrected chi connectivity index (χ3v) is 9.10. The Morgan fingerprint density at radius 1 is 1.21 bits per heavy atom. The number of fused-ring (bicyclic) bond motifs is 1. The van der Waals surface area contributed by atoms with Gasteiger partial charge in [0.05, 0.1) is 23.3 Å². The van der Waals surface area contributed by atoms with E-state index >= 15 is 0 Å². The van der Waals surface area contributed by atoms with Crippen LogP contribution in [0.5, 0.6) is 5.75 Å². The summed E-state index contributed by atoms with van der Waals surface area (Å²) in [5.74, 6) is 1.08. The lowest BCUT2D eigenvalue weighted by Crippen LogP contribution is -2.53. The van der Waals surface area contributed by atoms with Gasteiger partial charge < -0.3 is 10.1 Å². The van der Waals surface area contributed by atoms with E-state index in [1.165, 1.54) is 5.56 Å². The monoisotopic (exact) mass is 485 g/mol. The topological polar surface area (TPSA) is 90.3 Å². The minimum absolute atomic E-state index is 0.0327. The summed E-state index contributed by atoms with van der Waals surface area (Å²) in [7, 11) is -2.97. The molecule has 1 saturated carbocycles. The molecule has 1 atom stereocenters. The number of amides is 1. The lowest BCUT2D eigenvalue weighted by Gasteiger charge is -2.36. The van der Waals surface area contributed by atoms with Crippen molar-refractivity contribution in [3.8, 4) is 17.0 Å². The number of hydrogen-bond donors (Lipinski definition) is 1. The molecule has 5 rings (SSSR count). The number of nitrogens with zero attached hydrogens (tertiary/aromatic N) is 2. The first-order valence-electron chi connectivity index (χ1n) is 12.5. The number of carbonyl (C=O) groups excluding carboxylic acids is 1. The second-order valence-corrected chi connectivity index (χ2v) is 13.1. The molecule has 0 unspecified atom stereocenters. The molecule has 2 fully saturated rings. The molecule has 2 heterocycles. The Morgan fingerprint density at radius 3 is 2.62 bits per heavy atom. The van der Waals surface area contributed by atoms with Crippen molar-refractivity contribution >= 4 is 15.7 Å². The Hall–Kier alpha value is -2.35. The van der Waals surface area contributed by atoms with Crippen LogP contribution in [-0.2, 0) is 27.5 Å². The Labute approximate surface area is 202 Å². The highest BCUT2D eigenvalue weighted by Crippen LogP contribution is 2.37. The summed E-state index contributed by atoms with van der Waals surface area (Å²) >= 11 is 0. The van der Waals surface area contributed by atoms with E-state index in [1.54, 1.807) is 0 Å². The fraction of sp³-hybridized carbons (Fsp3) is 0.615. The molecular formula is C26H35N3O4S. The summed E-state index contributed by atoms with van der Waals surface area (Å²) < 4.78 is 31.7. The zero-order valence-corrected chi connectivity index (χ0v) is 21.2. The molecule has 0 bridgehead atoms. The van der Waals surface area contributed by atoms with Gasteiger partial charge in [0, 0.05) is 40.7 Å². The SMILES string of the molecule is CC(C)n1nc(-c2cccc(OC3CC3)c2)c2c1C[C@H](C(=O)NC1(C)CCS(=O)(=O)CC1)CC2. The number of ether oxygens (including phenoxy) is 1. The van der Waals surface area contributed by atoms with Gasteiger partial charge in [0.1, 0.15) is 15.6 Å². The average Bonchev–Trinajstić information content (AvgIpc) is 3.52. The first-order valence-corrected chi connectivity index (χ1v) is 14.3. The van der Waals surface area contributed by atoms with Crippen LogP contribution in [0.25, 0.3) is 11.3 Å². The van der Waals surface area contributed by atoms with Gasteiger partial charge in [0.2, 0.25) is 5.91 Å². The zero-order chi connectivity index (χ0) is 24.1. The quantitative estimate of drug-likeness (QED) is 0.671. The molecule has 2 aliphatic carbocycles. The second kappa shape index (κ2) is 8.70. The van der Waals surface area contributed by atoms with Gasteiger partial charge in [-0.15, -0.1) is 0 Å². The van der Waals surface area contributed by atoms with Crippen LogP contribution in [0.15, 0.2) is 24.3 Å². The molecule has 0 radical (unpaired) electrons. The number of aromatic nitrogens is 2. The highest BCUT2D eigenvalue weighted by atomic mass is 32.2. The second-order valence-electron chi connectivity index (χ2n) is 10.8. The number of sulfone groups is 1. The Balaban J connectivity index is 1.36. The Bertz CT molecular complexity index is 1180. The van der Waals surface area contributed by atoms with E-state index in [0.29, 0.717) is 25.4 Å². The molecule has 1 amide bonds. The molecule has 1 aliphatic heterocycles. The van der Waals surface area contributed by atoms with Gasteiger partial charge in [-0.05, 0) is 71.4 Å². The van der Waals surface area contributed by atoms with Gasteiger partial charge in [0.15, 0.2) is 0 Å². The lowest BCUT2D eigenvalue weighted by atomic mass is 9.84. The van der Waals surface area contributed by atoms with E-state index in [2.05, 4.69) is 36.0 Å². The van der Waals surface area contributed by atoms with Gasteiger partial charge in [-0.3, -0.25) is 9.48 Å². The van der Waals surface area contributed by atoms with Crippen LogP contribution in [0.2, 0.25) is 0 Å². The van der Waals surface area contributed by atoms with Crippen molar-refractivity contribution in [2.24, 2.45) is 5.92 Å². The highest BCUT2D eigenvalue weighted by molar-refractivity contribution is 7.91. The maximum Gasteiger partial charge on any atom is 0.223 e. The number of nitrogens with one attached hydrogen (secondary N) is 1. The van der Waals surface area contributed by atoms with Gasteiger partial charge >= 0.3 is 0 Å². The predicted octanol–water partition coefficient (Wildman–Crippen LogP) is 3.86. The third-order valence-electron chi connectivity index (χ3n) is 7.45. The molecule has 3 aliphatic rings. The lowest BCUT2D eigenvalue weighted by molar-refractivity contribution is -0.127. The van der Waals surface area contributed by atoms with E-state index < -0.39 is 15.4 Å². The molecule has 34 heavy (non-hydrogen) atoms. The fourth-order valence-electron chi connectivity index (χ4n) is 5.13. The summed E-state index contributed by atoms with van der Waals surface area (Å²) in [4.78, 5) is 13.2. The van der Waals surface area contributed by atoms with Gasteiger partial charge in [-0.1, -0.05) is 12.1 Å². The van der Waals surface area contributed by atoms with Gasteiger partial charge in [-0.2, -0.15) is 5.10 Å². The van der Waals surface area contributed by atoms with Crippen LogP contribution in [0.1, 0.15) is 70.2 Å². The standard InChI is InChI=1S/C26H35N3O4S/c1-17(2)29-23-16-19(25(30)27-26(3)11-13-34(31,32)14-12-26)7-10-22(23)24(28-29)18-5-4-6-21(15-18)33-20-8-9-20/h4-6,15,17,19-20H,7-14,16H2,1-3H3,(H,27,30)/t19-/m1/s1. The highest BCUT2D eigenvalue weighted by Gasteiger charge is 2.38. The van der Waals surface area contributed by atoms with E-state index in [9.17, 15) is 13.2 Å². The van der Waals surface area contributed by atoms with Crippen molar-refractivity contribution in [2.45, 2.75) is 83.4 Å². The Kier molecular flexibility index (Phi) is 5.99. The number of carbonyl (C=O) groups is 1. The maximum atomic E-state index is 13.2. The van der Waals surface area contributed by atoms with Crippen molar-refractivity contribution in [3.05, 3.63) is 35.5 Å². The first kappa shape index (κ1) is 23.4. The summed E-state index contributed by atoms with van der Waals surface area (Å²) in [6.07, 6.45) is 5.77. The minimum Gasteiger partial charge on any atom is -0.490 e. The Morgan fingerprint density at radius 2 is 1.94 bits per heavy atom. The van der Waals surface area contributed by atoms with Gasteiger partial charge in [0.25, 0.3) is 0 Å². The van der Waals surface area contributed by atoms with Crippen molar-refractivity contribution < 1.29 is 17.9 Å². The molecule has 184 valence electrons. The summed E-state index contributed by atoms with van der Waals surface area (Å²) in [6.45, 7) is 6.22. The molecule has 1 aromatic heterocycles. The largest absolute Gasteiger partial charge is 0.490 e. The molecule has 8 heteroatoms.